The standard InChI is InChI=1S/C23H31NO7Si.C17H17NO7.C10H9NO6.C7H5NO5.C6H15ClSi/c1-23(2,3)32(7,8)31-21-16(11-12-17(20(21)25)24(26)27)10-9-15-13-18(28-4)22(30-6)19(14-15)29-5;1-23-13-8-10(9-14(24-2)17(13)25-3)4-5-11-6-7-12(18(21)22)16(20)15(11)19;1-6(13)17-9-7(5-12)3-4-8(11(14)15)10(9)16-2;9-3-4-1-2-5(8(12)13)7(11)6(4)10;1-6(2,3)8(4,5)7/h9-14,25H,1-8H3;4-9,19-20H,1-3H3;3-5H,1-2H3;1-3,10-11H;1-5H3/b10-9-;5-4-;;;. The topological polar surface area (TPSA) is 408 Å². The van der Waals surface area contributed by atoms with Gasteiger partial charge in [-0.25, -0.2) is 0 Å². The van der Waals surface area contributed by atoms with Crippen molar-refractivity contribution in [3.05, 3.63) is 147 Å². The Kier molecular flexibility index (Phi) is 29.5. The molecule has 0 aliphatic carbocycles. The van der Waals surface area contributed by atoms with E-state index in [1.54, 1.807) is 48.6 Å². The average Bonchev–Trinajstić information content (AvgIpc) is 0.807. The number of benzene rings is 6. The van der Waals surface area contributed by atoms with E-state index in [9.17, 15) is 70.2 Å². The third-order valence-corrected chi connectivity index (χ3v) is 23.9. The van der Waals surface area contributed by atoms with Gasteiger partial charge in [-0.2, -0.15) is 11.1 Å². The van der Waals surface area contributed by atoms with Crippen molar-refractivity contribution in [2.24, 2.45) is 0 Å². The maximum absolute atomic E-state index is 11.4. The average molecular weight is 1380 g/mol. The highest BCUT2D eigenvalue weighted by atomic mass is 35.6. The van der Waals surface area contributed by atoms with Crippen LogP contribution in [0.1, 0.15) is 91.4 Å². The number of aldehydes is 2. The molecule has 0 saturated heterocycles. The molecule has 0 radical (unpaired) electrons. The van der Waals surface area contributed by atoms with Crippen LogP contribution >= 0.6 is 11.1 Å². The van der Waals surface area contributed by atoms with Crippen LogP contribution < -0.4 is 42.3 Å². The Hall–Kier alpha value is -10.7. The van der Waals surface area contributed by atoms with E-state index in [2.05, 4.69) is 54.6 Å². The van der Waals surface area contributed by atoms with Gasteiger partial charge in [0.15, 0.2) is 66.0 Å². The molecule has 0 aliphatic heterocycles. The van der Waals surface area contributed by atoms with Gasteiger partial charge in [0.1, 0.15) is 0 Å². The molecular formula is C63H77ClN4O25Si2. The number of phenols is 5. The molecular weight excluding hydrogens is 1300 g/mol. The van der Waals surface area contributed by atoms with Crippen molar-refractivity contribution in [2.75, 3.05) is 49.8 Å². The molecule has 0 unspecified atom stereocenters. The van der Waals surface area contributed by atoms with Crippen molar-refractivity contribution in [3.63, 3.8) is 0 Å². The quantitative estimate of drug-likeness (QED) is 0.00545. The largest absolute Gasteiger partial charge is 0.540 e. The molecule has 0 atom stereocenters. The zero-order valence-electron chi connectivity index (χ0n) is 55.5. The molecule has 0 aromatic heterocycles. The van der Waals surface area contributed by atoms with Crippen molar-refractivity contribution in [3.8, 4) is 80.5 Å². The molecule has 514 valence electrons. The molecule has 0 spiro atoms. The van der Waals surface area contributed by atoms with Crippen molar-refractivity contribution in [1.29, 1.82) is 0 Å². The number of nitro benzene ring substituents is 4. The van der Waals surface area contributed by atoms with Gasteiger partial charge < -0.3 is 67.9 Å². The minimum absolute atomic E-state index is 0.00245. The summed E-state index contributed by atoms with van der Waals surface area (Å²) in [5.74, 6) is -1.78. The molecule has 6 aromatic carbocycles. The van der Waals surface area contributed by atoms with E-state index in [1.165, 1.54) is 74.0 Å². The summed E-state index contributed by atoms with van der Waals surface area (Å²) in [4.78, 5) is 71.9. The number of carbonyl (C=O) groups is 3. The number of hydrogen-bond donors (Lipinski definition) is 5. The number of halogens is 1. The Balaban J connectivity index is 0.000000433. The van der Waals surface area contributed by atoms with Gasteiger partial charge in [-0.05, 0) is 82.8 Å². The van der Waals surface area contributed by atoms with Crippen molar-refractivity contribution >= 4 is 92.4 Å². The number of phenolic OH excluding ortho intramolecular Hbond substituents is 5. The van der Waals surface area contributed by atoms with E-state index in [0.29, 0.717) is 63.2 Å². The van der Waals surface area contributed by atoms with Crippen molar-refractivity contribution in [1.82, 2.24) is 0 Å². The van der Waals surface area contributed by atoms with Gasteiger partial charge >= 0.3 is 28.7 Å². The van der Waals surface area contributed by atoms with Gasteiger partial charge in [0.05, 0.1) is 80.6 Å². The monoisotopic (exact) mass is 1380 g/mol. The first-order valence-electron chi connectivity index (χ1n) is 27.8. The Morgan fingerprint density at radius 1 is 0.432 bits per heavy atom. The zero-order chi connectivity index (χ0) is 72.8. The lowest BCUT2D eigenvalue weighted by Crippen LogP contribution is -2.44. The summed E-state index contributed by atoms with van der Waals surface area (Å²) in [6, 6.07) is 16.5. The van der Waals surface area contributed by atoms with Crippen LogP contribution in [-0.4, -0.2) is 129 Å². The number of nitrogens with zero attached hydrogens (tertiary/aromatic N) is 4. The number of nitro groups is 4. The summed E-state index contributed by atoms with van der Waals surface area (Å²) >= 11 is 6.15. The molecule has 6 rings (SSSR count). The van der Waals surface area contributed by atoms with Crippen LogP contribution in [0.4, 0.5) is 22.7 Å². The lowest BCUT2D eigenvalue weighted by atomic mass is 10.1. The number of hydrogen-bond acceptors (Lipinski definition) is 25. The van der Waals surface area contributed by atoms with Gasteiger partial charge in [-0.3, -0.25) is 54.8 Å². The molecule has 0 heterocycles. The number of esters is 1. The lowest BCUT2D eigenvalue weighted by molar-refractivity contribution is -0.386. The predicted octanol–water partition coefficient (Wildman–Crippen LogP) is 14.5. The smallest absolute Gasteiger partial charge is 0.314 e. The van der Waals surface area contributed by atoms with Crippen molar-refractivity contribution < 1.29 is 102 Å². The Morgan fingerprint density at radius 2 is 0.747 bits per heavy atom. The summed E-state index contributed by atoms with van der Waals surface area (Å²) in [6.45, 7) is 22.3. The van der Waals surface area contributed by atoms with E-state index in [1.807, 2.05) is 13.1 Å². The minimum Gasteiger partial charge on any atom is -0.540 e. The Morgan fingerprint density at radius 3 is 1.06 bits per heavy atom. The third kappa shape index (κ3) is 21.4. The van der Waals surface area contributed by atoms with Crippen LogP contribution in [0.25, 0.3) is 24.3 Å². The van der Waals surface area contributed by atoms with Gasteiger partial charge in [-0.1, -0.05) is 78.9 Å². The molecule has 0 bridgehead atoms. The number of ether oxygens (including phenoxy) is 8. The highest BCUT2D eigenvalue weighted by molar-refractivity contribution is 7.20. The molecule has 0 saturated carbocycles. The van der Waals surface area contributed by atoms with Crippen molar-refractivity contribution in [2.45, 2.75) is 84.7 Å². The van der Waals surface area contributed by atoms with Gasteiger partial charge in [0.25, 0.3) is 8.32 Å². The second kappa shape index (κ2) is 34.8. The normalized spacial score (nSPS) is 11.1. The van der Waals surface area contributed by atoms with Crippen LogP contribution in [0.3, 0.4) is 0 Å². The molecule has 95 heavy (non-hydrogen) atoms. The first-order valence-corrected chi connectivity index (χ1v) is 34.7. The van der Waals surface area contributed by atoms with Crippen LogP contribution in [-0.2, 0) is 4.79 Å². The summed E-state index contributed by atoms with van der Waals surface area (Å²) in [6.07, 6.45) is 7.35. The number of carbonyl (C=O) groups excluding carboxylic acids is 3. The van der Waals surface area contributed by atoms with E-state index in [0.717, 1.165) is 36.8 Å². The van der Waals surface area contributed by atoms with E-state index in [4.69, 9.17) is 63.6 Å². The summed E-state index contributed by atoms with van der Waals surface area (Å²) in [5, 5.41) is 91.6. The maximum Gasteiger partial charge on any atom is 0.314 e. The van der Waals surface area contributed by atoms with E-state index >= 15 is 0 Å². The summed E-state index contributed by atoms with van der Waals surface area (Å²) in [7, 11) is 6.48. The van der Waals surface area contributed by atoms with Gasteiger partial charge in [0.2, 0.25) is 34.5 Å². The highest BCUT2D eigenvalue weighted by Crippen LogP contribution is 2.47. The second-order valence-electron chi connectivity index (χ2n) is 22.7. The molecule has 6 aromatic rings. The fraction of sp³-hybridized carbons (Fsp3) is 0.317. The third-order valence-electron chi connectivity index (χ3n) is 14.3. The summed E-state index contributed by atoms with van der Waals surface area (Å²) in [5.41, 5.74) is -0.0137. The Bertz CT molecular complexity index is 3770. The fourth-order valence-electron chi connectivity index (χ4n) is 7.08. The van der Waals surface area contributed by atoms with Crippen LogP contribution in [0.2, 0.25) is 36.3 Å². The van der Waals surface area contributed by atoms with E-state index in [-0.39, 0.29) is 44.7 Å². The second-order valence-corrected chi connectivity index (χ2v) is 34.7. The van der Waals surface area contributed by atoms with Crippen LogP contribution in [0.15, 0.2) is 72.8 Å². The molecule has 29 nitrogen and oxygen atoms in total. The van der Waals surface area contributed by atoms with Gasteiger partial charge in [0, 0.05) is 42.3 Å². The highest BCUT2D eigenvalue weighted by Gasteiger charge is 2.41. The van der Waals surface area contributed by atoms with Crippen LogP contribution in [0.5, 0.6) is 80.5 Å². The molecule has 5 N–H and O–H groups in total. The predicted molar refractivity (Wildman–Crippen MR) is 360 cm³/mol. The van der Waals surface area contributed by atoms with Crippen LogP contribution in [0, 0.1) is 40.5 Å². The first-order chi connectivity index (χ1) is 44.1. The Labute approximate surface area is 553 Å². The molecule has 0 aliphatic rings. The minimum atomic E-state index is -2.39. The van der Waals surface area contributed by atoms with E-state index < -0.39 is 87.2 Å². The first kappa shape index (κ1) is 80.4. The maximum atomic E-state index is 11.4. The summed E-state index contributed by atoms with van der Waals surface area (Å²) < 4.78 is 47.7. The lowest BCUT2D eigenvalue weighted by Gasteiger charge is -2.36. The SMILES string of the molecule is CC(C)(C)[Si](C)(C)Cl.COc1c([N+](=O)[O-])ccc(C=O)c1OC(C)=O.COc1cc(/C=C\c2ccc([N+](=O)[O-])c(O)c2O)cc(OC)c1OC.COc1cc(/C=C\c2ccc([N+](=O)[O-])c(O)c2O[Si](C)(C)C(C)(C)C)cc(OC)c1OC.O=Cc1ccc([N+](=O)[O-])c(O)c1O. The molecule has 0 fully saturated rings. The number of rotatable bonds is 20. The zero-order valence-corrected chi connectivity index (χ0v) is 58.2. The molecule has 0 amide bonds. The number of methoxy groups -OCH3 is 7. The fourth-order valence-corrected chi connectivity index (χ4v) is 8.11. The number of aromatic hydroxyl groups is 5. The molecule has 32 heteroatoms. The van der Waals surface area contributed by atoms with Gasteiger partial charge in [-0.15, -0.1) is 0 Å².